The molecule has 1 atom stereocenters. The van der Waals surface area contributed by atoms with E-state index in [9.17, 15) is 4.39 Å². The van der Waals surface area contributed by atoms with E-state index < -0.39 is 6.67 Å². The maximum absolute atomic E-state index is 12.3. The molecule has 0 fully saturated rings. The van der Waals surface area contributed by atoms with Crippen molar-refractivity contribution in [3.63, 3.8) is 0 Å². The lowest BCUT2D eigenvalue weighted by atomic mass is 10.1. The van der Waals surface area contributed by atoms with Crippen LogP contribution in [-0.2, 0) is 4.74 Å². The Labute approximate surface area is 119 Å². The third kappa shape index (κ3) is 3.67. The van der Waals surface area contributed by atoms with Gasteiger partial charge in [0.15, 0.2) is 0 Å². The van der Waals surface area contributed by atoms with E-state index in [-0.39, 0.29) is 12.7 Å². The number of imidazole rings is 1. The van der Waals surface area contributed by atoms with Crippen LogP contribution in [0.3, 0.4) is 0 Å². The molecule has 2 aromatic rings. The fraction of sp³-hybridized carbons (Fsp3) is 0.438. The number of hydrogen-bond donors (Lipinski definition) is 1. The molecule has 0 aliphatic rings. The summed E-state index contributed by atoms with van der Waals surface area (Å²) in [5.74, 6) is 0.774. The molecular weight excluding hydrogens is 254 g/mol. The Balaban J connectivity index is 2.15. The number of nitrogens with one attached hydrogen (secondary N) is 1. The van der Waals surface area contributed by atoms with Gasteiger partial charge in [0.05, 0.1) is 18.5 Å². The Kier molecular flexibility index (Phi) is 5.30. The SMILES string of the molecule is CCCC(OCC[18F])c1ncc(-c2ccc(C)cc2)[nH]1. The van der Waals surface area contributed by atoms with E-state index in [2.05, 4.69) is 48.1 Å². The first-order valence-electron chi connectivity index (χ1n) is 7.04. The van der Waals surface area contributed by atoms with E-state index in [1.54, 1.807) is 0 Å². The number of aromatic nitrogens is 2. The van der Waals surface area contributed by atoms with E-state index >= 15 is 0 Å². The number of halogens is 1. The highest BCUT2D eigenvalue weighted by molar-refractivity contribution is 5.58. The van der Waals surface area contributed by atoms with Crippen LogP contribution in [0.25, 0.3) is 11.3 Å². The predicted molar refractivity (Wildman–Crippen MR) is 78.3 cm³/mol. The van der Waals surface area contributed by atoms with Gasteiger partial charge in [0, 0.05) is 0 Å². The monoisotopic (exact) mass is 275 g/mol. The molecule has 2 rings (SSSR count). The number of alkyl halides is 1. The highest BCUT2D eigenvalue weighted by Crippen LogP contribution is 2.24. The Morgan fingerprint density at radius 1 is 1.30 bits per heavy atom. The molecule has 1 aromatic heterocycles. The van der Waals surface area contributed by atoms with Crippen molar-refractivity contribution in [3.05, 3.63) is 41.9 Å². The topological polar surface area (TPSA) is 37.9 Å². The number of aryl methyl sites for hydroxylation is 1. The predicted octanol–water partition coefficient (Wildman–Crippen LogP) is 4.21. The van der Waals surface area contributed by atoms with Crippen molar-refractivity contribution < 1.29 is 9.13 Å². The Morgan fingerprint density at radius 2 is 2.05 bits per heavy atom. The molecule has 4 heteroatoms. The van der Waals surface area contributed by atoms with Crippen LogP contribution in [0, 0.1) is 6.92 Å². The Morgan fingerprint density at radius 3 is 2.70 bits per heavy atom. The first-order chi connectivity index (χ1) is 9.74. The van der Waals surface area contributed by atoms with Crippen LogP contribution in [0.1, 0.15) is 37.3 Å². The van der Waals surface area contributed by atoms with Crippen molar-refractivity contribution in [2.45, 2.75) is 32.8 Å². The molecule has 1 N–H and O–H groups in total. The second kappa shape index (κ2) is 7.20. The number of ether oxygens (including phenoxy) is 1. The molecule has 1 heterocycles. The molecule has 0 bridgehead atoms. The van der Waals surface area contributed by atoms with Gasteiger partial charge >= 0.3 is 0 Å². The summed E-state index contributed by atoms with van der Waals surface area (Å²) in [5.41, 5.74) is 3.28. The van der Waals surface area contributed by atoms with Crippen LogP contribution >= 0.6 is 0 Å². The van der Waals surface area contributed by atoms with Crippen LogP contribution in [0.4, 0.5) is 4.39 Å². The highest BCUT2D eigenvalue weighted by Gasteiger charge is 2.15. The number of benzene rings is 1. The molecule has 0 amide bonds. The zero-order valence-corrected chi connectivity index (χ0v) is 12.0. The van der Waals surface area contributed by atoms with Gasteiger partial charge in [-0.25, -0.2) is 9.37 Å². The van der Waals surface area contributed by atoms with E-state index in [0.717, 1.165) is 29.9 Å². The standard InChI is InChI=1S/C16H21FN2O/c1-3-4-15(20-10-9-17)16-18-11-14(19-16)13-7-5-12(2)6-8-13/h5-8,11,15H,3-4,9-10H2,1-2H3,(H,18,19)/i17-1. The summed E-state index contributed by atoms with van der Waals surface area (Å²) in [4.78, 5) is 7.67. The van der Waals surface area contributed by atoms with Crippen LogP contribution < -0.4 is 0 Å². The second-order valence-electron chi connectivity index (χ2n) is 4.89. The summed E-state index contributed by atoms with van der Waals surface area (Å²) in [6.45, 7) is 3.79. The lowest BCUT2D eigenvalue weighted by Crippen LogP contribution is -2.08. The van der Waals surface area contributed by atoms with Gasteiger partial charge in [0.25, 0.3) is 0 Å². The summed E-state index contributed by atoms with van der Waals surface area (Å²) in [6.07, 6.45) is 3.45. The lowest BCUT2D eigenvalue weighted by Gasteiger charge is -2.13. The smallest absolute Gasteiger partial charge is 0.135 e. The first-order valence-corrected chi connectivity index (χ1v) is 7.04. The van der Waals surface area contributed by atoms with Gasteiger partial charge < -0.3 is 9.72 Å². The maximum Gasteiger partial charge on any atom is 0.135 e. The molecule has 1 aromatic carbocycles. The van der Waals surface area contributed by atoms with Crippen LogP contribution in [0.15, 0.2) is 30.5 Å². The molecule has 0 aliphatic carbocycles. The molecule has 108 valence electrons. The van der Waals surface area contributed by atoms with Gasteiger partial charge in [-0.1, -0.05) is 43.2 Å². The van der Waals surface area contributed by atoms with Crippen molar-refractivity contribution in [3.8, 4) is 11.3 Å². The van der Waals surface area contributed by atoms with Gasteiger partial charge in [-0.15, -0.1) is 0 Å². The number of hydrogen-bond acceptors (Lipinski definition) is 2. The van der Waals surface area contributed by atoms with Crippen molar-refractivity contribution >= 4 is 0 Å². The molecule has 0 aliphatic heterocycles. The number of H-pyrrole nitrogens is 1. The summed E-state index contributed by atoms with van der Waals surface area (Å²) in [5, 5.41) is 0. The van der Waals surface area contributed by atoms with Crippen molar-refractivity contribution in [1.29, 1.82) is 0 Å². The van der Waals surface area contributed by atoms with Crippen molar-refractivity contribution in [2.75, 3.05) is 13.3 Å². The van der Waals surface area contributed by atoms with Gasteiger partial charge in [-0.3, -0.25) is 0 Å². The average Bonchev–Trinajstić information content (AvgIpc) is 2.94. The van der Waals surface area contributed by atoms with Crippen LogP contribution in [0.5, 0.6) is 0 Å². The Bertz CT molecular complexity index is 522. The molecule has 0 spiro atoms. The normalized spacial score (nSPS) is 12.6. The molecule has 20 heavy (non-hydrogen) atoms. The second-order valence-corrected chi connectivity index (χ2v) is 4.89. The molecule has 3 nitrogen and oxygen atoms in total. The molecule has 1 unspecified atom stereocenters. The zero-order valence-electron chi connectivity index (χ0n) is 12.0. The van der Waals surface area contributed by atoms with Crippen molar-refractivity contribution in [2.24, 2.45) is 0 Å². The van der Waals surface area contributed by atoms with E-state index in [1.165, 1.54) is 5.56 Å². The van der Waals surface area contributed by atoms with Gasteiger partial charge in [-0.2, -0.15) is 0 Å². The van der Waals surface area contributed by atoms with E-state index in [0.29, 0.717) is 0 Å². The minimum atomic E-state index is -0.467. The van der Waals surface area contributed by atoms with E-state index in [1.807, 2.05) is 6.20 Å². The summed E-state index contributed by atoms with van der Waals surface area (Å²) < 4.78 is 17.8. The van der Waals surface area contributed by atoms with E-state index in [4.69, 9.17) is 4.74 Å². The maximum atomic E-state index is 12.3. The summed E-state index contributed by atoms with van der Waals surface area (Å²) in [7, 11) is 0. The first kappa shape index (κ1) is 14.7. The fourth-order valence-electron chi connectivity index (χ4n) is 2.13. The largest absolute Gasteiger partial charge is 0.368 e. The minimum absolute atomic E-state index is 0.116. The third-order valence-corrected chi connectivity index (χ3v) is 3.21. The quantitative estimate of drug-likeness (QED) is 0.821. The van der Waals surface area contributed by atoms with Gasteiger partial charge in [0.2, 0.25) is 0 Å². The van der Waals surface area contributed by atoms with Crippen LogP contribution in [0.2, 0.25) is 0 Å². The lowest BCUT2D eigenvalue weighted by molar-refractivity contribution is 0.0325. The average molecular weight is 275 g/mol. The number of aromatic amines is 1. The molecule has 0 radical (unpaired) electrons. The molecular formula is C16H21FN2O. The van der Waals surface area contributed by atoms with Crippen molar-refractivity contribution in [1.82, 2.24) is 9.97 Å². The molecule has 0 saturated heterocycles. The summed E-state index contributed by atoms with van der Waals surface area (Å²) >= 11 is 0. The number of nitrogens with zero attached hydrogens (tertiary/aromatic N) is 1. The minimum Gasteiger partial charge on any atom is -0.368 e. The van der Waals surface area contributed by atoms with Gasteiger partial charge in [0.1, 0.15) is 18.6 Å². The highest BCUT2D eigenvalue weighted by atomic mass is 18.2. The zero-order chi connectivity index (χ0) is 14.4. The Hall–Kier alpha value is -1.68. The van der Waals surface area contributed by atoms with Crippen LogP contribution in [-0.4, -0.2) is 23.2 Å². The summed E-state index contributed by atoms with van der Waals surface area (Å²) in [6, 6.07) is 8.26. The molecule has 0 saturated carbocycles. The number of rotatable bonds is 7. The van der Waals surface area contributed by atoms with Gasteiger partial charge in [-0.05, 0) is 18.9 Å². The third-order valence-electron chi connectivity index (χ3n) is 3.21. The fourth-order valence-corrected chi connectivity index (χ4v) is 2.13.